The fourth-order valence-corrected chi connectivity index (χ4v) is 5.01. The molecule has 0 atom stereocenters. The molecule has 1 aliphatic heterocycles. The summed E-state index contributed by atoms with van der Waals surface area (Å²) in [5.41, 5.74) is 5.45. The van der Waals surface area contributed by atoms with E-state index in [2.05, 4.69) is 10.9 Å². The smallest absolute Gasteiger partial charge is 0.298 e. The number of hydrogen-bond acceptors (Lipinski definition) is 4. The Bertz CT molecular complexity index is 1280. The van der Waals surface area contributed by atoms with E-state index in [1.807, 2.05) is 12.1 Å². The van der Waals surface area contributed by atoms with E-state index in [0.717, 1.165) is 17.7 Å². The van der Waals surface area contributed by atoms with Gasteiger partial charge in [-0.05, 0) is 54.4 Å². The van der Waals surface area contributed by atoms with Crippen LogP contribution in [0, 0.1) is 0 Å². The van der Waals surface area contributed by atoms with Gasteiger partial charge in [0.15, 0.2) is 0 Å². The number of alkyl halides is 3. The lowest BCUT2D eigenvalue weighted by Gasteiger charge is -2.20. The number of hydrogen-bond donors (Lipinski definition) is 2. The Hall–Kier alpha value is -3.53. The van der Waals surface area contributed by atoms with E-state index in [0.29, 0.717) is 18.7 Å². The van der Waals surface area contributed by atoms with Crippen LogP contribution in [0.15, 0.2) is 77.7 Å². The molecule has 0 unspecified atom stereocenters. The number of sulfonamides is 1. The molecule has 0 saturated carbocycles. The van der Waals surface area contributed by atoms with Crippen molar-refractivity contribution in [2.24, 2.45) is 0 Å². The number of nitrogens with one attached hydrogen (secondary N) is 2. The van der Waals surface area contributed by atoms with Gasteiger partial charge >= 0.3 is 6.18 Å². The molecule has 3 aromatic carbocycles. The summed E-state index contributed by atoms with van der Waals surface area (Å²) >= 11 is 0. The van der Waals surface area contributed by atoms with Crippen LogP contribution in [-0.4, -0.2) is 20.9 Å². The van der Waals surface area contributed by atoms with Gasteiger partial charge in [-0.1, -0.05) is 30.3 Å². The summed E-state index contributed by atoms with van der Waals surface area (Å²) in [6.45, 7) is 0.301. The van der Waals surface area contributed by atoms with Gasteiger partial charge in [-0.2, -0.15) is 13.2 Å². The lowest BCUT2D eigenvalue weighted by atomic mass is 10.2. The average Bonchev–Trinajstić information content (AvgIpc) is 3.22. The summed E-state index contributed by atoms with van der Waals surface area (Å²) in [5, 5.41) is 0. The Kier molecular flexibility index (Phi) is 5.55. The highest BCUT2D eigenvalue weighted by molar-refractivity contribution is 7.92. The number of benzene rings is 3. The number of halogens is 3. The van der Waals surface area contributed by atoms with E-state index >= 15 is 0 Å². The maximum absolute atomic E-state index is 13.2. The molecule has 4 rings (SSSR count). The first-order valence-corrected chi connectivity index (χ1v) is 11.0. The standard InChI is InChI=1S/C22H18F3N3O3S/c23-22(24,25)17-7-4-8-18(14-17)26-27-21(29)16-6-3-9-19(13-16)32(30,31)28-12-11-15-5-1-2-10-20(15)28/h1-10,13-14,26H,11-12H2,(H,27,29). The molecule has 10 heteroatoms. The van der Waals surface area contributed by atoms with Crippen molar-refractivity contribution in [2.45, 2.75) is 17.5 Å². The number of amides is 1. The van der Waals surface area contributed by atoms with Crippen molar-refractivity contribution in [3.63, 3.8) is 0 Å². The number of anilines is 2. The molecule has 2 N–H and O–H groups in total. The lowest BCUT2D eigenvalue weighted by Crippen LogP contribution is -2.31. The fraction of sp³-hybridized carbons (Fsp3) is 0.136. The summed E-state index contributed by atoms with van der Waals surface area (Å²) in [5.74, 6) is -0.693. The zero-order valence-corrected chi connectivity index (χ0v) is 17.4. The third-order valence-electron chi connectivity index (χ3n) is 5.04. The Labute approximate surface area is 182 Å². The third kappa shape index (κ3) is 4.26. The van der Waals surface area contributed by atoms with Gasteiger partial charge in [-0.25, -0.2) is 8.42 Å². The maximum Gasteiger partial charge on any atom is 0.416 e. The predicted molar refractivity (Wildman–Crippen MR) is 114 cm³/mol. The molecule has 0 fully saturated rings. The molecule has 0 radical (unpaired) electrons. The second kappa shape index (κ2) is 8.19. The Morgan fingerprint density at radius 1 is 0.938 bits per heavy atom. The van der Waals surface area contributed by atoms with Gasteiger partial charge in [-0.3, -0.25) is 20.0 Å². The maximum atomic E-state index is 13.2. The monoisotopic (exact) mass is 461 g/mol. The molecule has 1 amide bonds. The largest absolute Gasteiger partial charge is 0.416 e. The molecular weight excluding hydrogens is 443 g/mol. The van der Waals surface area contributed by atoms with Gasteiger partial charge in [0.25, 0.3) is 15.9 Å². The van der Waals surface area contributed by atoms with Crippen molar-refractivity contribution in [3.8, 4) is 0 Å². The number of fused-ring (bicyclic) bond motifs is 1. The SMILES string of the molecule is O=C(NNc1cccc(C(F)(F)F)c1)c1cccc(S(=O)(=O)N2CCc3ccccc32)c1. The highest BCUT2D eigenvalue weighted by Crippen LogP contribution is 2.33. The normalized spacial score (nSPS) is 13.5. The zero-order valence-electron chi connectivity index (χ0n) is 16.6. The van der Waals surface area contributed by atoms with Gasteiger partial charge in [0.2, 0.25) is 0 Å². The Morgan fingerprint density at radius 2 is 1.69 bits per heavy atom. The summed E-state index contributed by atoms with van der Waals surface area (Å²) in [6, 6.07) is 17.0. The molecule has 1 heterocycles. The minimum Gasteiger partial charge on any atom is -0.298 e. The highest BCUT2D eigenvalue weighted by Gasteiger charge is 2.31. The van der Waals surface area contributed by atoms with Gasteiger partial charge in [0.05, 0.1) is 21.8 Å². The molecular formula is C22H18F3N3O3S. The topological polar surface area (TPSA) is 78.5 Å². The second-order valence-corrected chi connectivity index (χ2v) is 9.00. The molecule has 0 bridgehead atoms. The van der Waals surface area contributed by atoms with Gasteiger partial charge < -0.3 is 0 Å². The predicted octanol–water partition coefficient (Wildman–Crippen LogP) is 4.21. The van der Waals surface area contributed by atoms with E-state index < -0.39 is 27.7 Å². The van der Waals surface area contributed by atoms with Crippen LogP contribution in [0.1, 0.15) is 21.5 Å². The number of nitrogens with zero attached hydrogens (tertiary/aromatic N) is 1. The minimum atomic E-state index is -4.52. The van der Waals surface area contributed by atoms with E-state index in [9.17, 15) is 26.4 Å². The lowest BCUT2D eigenvalue weighted by molar-refractivity contribution is -0.137. The van der Waals surface area contributed by atoms with Gasteiger partial charge in [0.1, 0.15) is 0 Å². The van der Waals surface area contributed by atoms with E-state index in [1.165, 1.54) is 40.7 Å². The van der Waals surface area contributed by atoms with Crippen LogP contribution in [0.25, 0.3) is 0 Å². The summed E-state index contributed by atoms with van der Waals surface area (Å²) in [6.07, 6.45) is -3.92. The Balaban J connectivity index is 1.51. The highest BCUT2D eigenvalue weighted by atomic mass is 32.2. The number of hydrazine groups is 1. The molecule has 32 heavy (non-hydrogen) atoms. The molecule has 0 saturated heterocycles. The van der Waals surface area contributed by atoms with Crippen molar-refractivity contribution in [1.29, 1.82) is 0 Å². The summed E-state index contributed by atoms with van der Waals surface area (Å²) in [4.78, 5) is 12.4. The van der Waals surface area contributed by atoms with Crippen molar-refractivity contribution in [1.82, 2.24) is 5.43 Å². The van der Waals surface area contributed by atoms with Crippen LogP contribution in [0.5, 0.6) is 0 Å². The second-order valence-electron chi connectivity index (χ2n) is 7.14. The molecule has 0 spiro atoms. The molecule has 166 valence electrons. The number of carbonyl (C=O) groups is 1. The van der Waals surface area contributed by atoms with Crippen LogP contribution in [0.4, 0.5) is 24.5 Å². The van der Waals surface area contributed by atoms with Crippen molar-refractivity contribution >= 4 is 27.3 Å². The first-order valence-electron chi connectivity index (χ1n) is 9.60. The molecule has 3 aromatic rings. The van der Waals surface area contributed by atoms with Gasteiger partial charge in [0, 0.05) is 12.1 Å². The molecule has 1 aliphatic rings. The summed E-state index contributed by atoms with van der Waals surface area (Å²) < 4.78 is 66.1. The molecule has 0 aliphatic carbocycles. The number of rotatable bonds is 5. The molecule has 0 aromatic heterocycles. The zero-order chi connectivity index (χ0) is 22.9. The first-order chi connectivity index (χ1) is 15.2. The Morgan fingerprint density at radius 3 is 2.47 bits per heavy atom. The minimum absolute atomic E-state index is 0.0330. The van der Waals surface area contributed by atoms with Gasteiger partial charge in [-0.15, -0.1) is 0 Å². The van der Waals surface area contributed by atoms with E-state index in [1.54, 1.807) is 12.1 Å². The number of carbonyl (C=O) groups excluding carboxylic acids is 1. The van der Waals surface area contributed by atoms with E-state index in [-0.39, 0.29) is 16.1 Å². The van der Waals surface area contributed by atoms with Crippen molar-refractivity contribution < 1.29 is 26.4 Å². The quantitative estimate of drug-likeness (QED) is 0.558. The first kappa shape index (κ1) is 21.7. The van der Waals surface area contributed by atoms with Crippen LogP contribution in [0.2, 0.25) is 0 Å². The molecule has 6 nitrogen and oxygen atoms in total. The third-order valence-corrected chi connectivity index (χ3v) is 6.85. The van der Waals surface area contributed by atoms with Crippen molar-refractivity contribution in [2.75, 3.05) is 16.3 Å². The van der Waals surface area contributed by atoms with Crippen LogP contribution in [0.3, 0.4) is 0 Å². The number of para-hydroxylation sites is 1. The van der Waals surface area contributed by atoms with Crippen LogP contribution >= 0.6 is 0 Å². The fourth-order valence-electron chi connectivity index (χ4n) is 3.46. The average molecular weight is 461 g/mol. The van der Waals surface area contributed by atoms with Crippen LogP contribution in [-0.2, 0) is 22.6 Å². The van der Waals surface area contributed by atoms with Crippen molar-refractivity contribution in [3.05, 3.63) is 89.5 Å². The van der Waals surface area contributed by atoms with Crippen LogP contribution < -0.4 is 15.2 Å². The summed E-state index contributed by atoms with van der Waals surface area (Å²) in [7, 11) is -3.89. The van der Waals surface area contributed by atoms with E-state index in [4.69, 9.17) is 0 Å².